The van der Waals surface area contributed by atoms with E-state index in [2.05, 4.69) is 4.98 Å². The molecule has 20 heavy (non-hydrogen) atoms. The number of hydrogen-bond acceptors (Lipinski definition) is 5. The van der Waals surface area contributed by atoms with Crippen LogP contribution in [-0.2, 0) is 27.4 Å². The van der Waals surface area contributed by atoms with Crippen molar-refractivity contribution in [3.63, 3.8) is 0 Å². The zero-order chi connectivity index (χ0) is 14.9. The number of aryl methyl sites for hydroxylation is 1. The molecule has 0 bridgehead atoms. The van der Waals surface area contributed by atoms with Crippen molar-refractivity contribution in [2.75, 3.05) is 12.0 Å². The number of sulfone groups is 1. The second-order valence-corrected chi connectivity index (χ2v) is 7.40. The fourth-order valence-corrected chi connectivity index (χ4v) is 3.18. The first-order valence-electron chi connectivity index (χ1n) is 5.74. The molecule has 6 nitrogen and oxygen atoms in total. The molecule has 0 amide bonds. The van der Waals surface area contributed by atoms with Gasteiger partial charge in [0.05, 0.1) is 27.4 Å². The number of benzene rings is 1. The molecule has 0 spiro atoms. The molecule has 0 radical (unpaired) electrons. The summed E-state index contributed by atoms with van der Waals surface area (Å²) in [5, 5.41) is 8.61. The summed E-state index contributed by atoms with van der Waals surface area (Å²) in [4.78, 5) is 15.1. The first-order chi connectivity index (χ1) is 9.29. The van der Waals surface area contributed by atoms with Crippen LogP contribution in [0.1, 0.15) is 5.82 Å². The number of fused-ring (bicyclic) bond motifs is 1. The molecule has 1 N–H and O–H groups in total. The second kappa shape index (κ2) is 5.45. The van der Waals surface area contributed by atoms with Crippen LogP contribution in [0.25, 0.3) is 11.0 Å². The predicted octanol–water partition coefficient (Wildman–Crippen LogP) is 1.29. The van der Waals surface area contributed by atoms with E-state index in [9.17, 15) is 13.2 Å². The van der Waals surface area contributed by atoms with Crippen LogP contribution in [0, 0.1) is 0 Å². The van der Waals surface area contributed by atoms with Gasteiger partial charge in [-0.1, -0.05) is 0 Å². The van der Waals surface area contributed by atoms with E-state index in [0.717, 1.165) is 17.6 Å². The van der Waals surface area contributed by atoms with Gasteiger partial charge in [-0.25, -0.2) is 13.4 Å². The van der Waals surface area contributed by atoms with Crippen LogP contribution in [0.15, 0.2) is 23.1 Å². The zero-order valence-electron chi connectivity index (χ0n) is 11.0. The number of aromatic nitrogens is 2. The van der Waals surface area contributed by atoms with E-state index in [4.69, 9.17) is 5.11 Å². The SMILES string of the molecule is Cn1c(CSCC(=O)O)nc2cc(S(C)(=O)=O)ccc21. The first kappa shape index (κ1) is 14.9. The largest absolute Gasteiger partial charge is 0.481 e. The number of carboxylic acids is 1. The summed E-state index contributed by atoms with van der Waals surface area (Å²) in [6.07, 6.45) is 1.15. The fourth-order valence-electron chi connectivity index (χ4n) is 1.82. The molecule has 8 heteroatoms. The highest BCUT2D eigenvalue weighted by Gasteiger charge is 2.13. The number of nitrogens with zero attached hydrogens (tertiary/aromatic N) is 2. The molecule has 0 unspecified atom stereocenters. The standard InChI is InChI=1S/C12H14N2O4S2/c1-14-10-4-3-8(20(2,17)18)5-9(10)13-11(14)6-19-7-12(15)16/h3-5H,6-7H2,1-2H3,(H,15,16). The van der Waals surface area contributed by atoms with E-state index in [1.807, 2.05) is 11.6 Å². The lowest BCUT2D eigenvalue weighted by Crippen LogP contribution is -2.01. The minimum atomic E-state index is -3.26. The number of carbonyl (C=O) groups is 1. The van der Waals surface area contributed by atoms with Gasteiger partial charge in [-0.15, -0.1) is 11.8 Å². The van der Waals surface area contributed by atoms with Gasteiger partial charge in [0.2, 0.25) is 0 Å². The van der Waals surface area contributed by atoms with Gasteiger partial charge in [-0.3, -0.25) is 4.79 Å². The number of aliphatic carboxylic acids is 1. The topological polar surface area (TPSA) is 89.3 Å². The number of hydrogen-bond donors (Lipinski definition) is 1. The lowest BCUT2D eigenvalue weighted by Gasteiger charge is -2.01. The van der Waals surface area contributed by atoms with Gasteiger partial charge in [0.25, 0.3) is 0 Å². The molecule has 0 aliphatic rings. The second-order valence-electron chi connectivity index (χ2n) is 4.40. The Balaban J connectivity index is 2.34. The summed E-state index contributed by atoms with van der Waals surface area (Å²) in [5.41, 5.74) is 1.42. The molecule has 0 saturated carbocycles. The van der Waals surface area contributed by atoms with Crippen LogP contribution in [0.4, 0.5) is 0 Å². The van der Waals surface area contributed by atoms with Crippen molar-refractivity contribution in [2.45, 2.75) is 10.6 Å². The molecule has 1 aromatic carbocycles. The fraction of sp³-hybridized carbons (Fsp3) is 0.333. The van der Waals surface area contributed by atoms with Crippen LogP contribution in [0.3, 0.4) is 0 Å². The highest BCUT2D eigenvalue weighted by molar-refractivity contribution is 7.99. The van der Waals surface area contributed by atoms with Crippen molar-refractivity contribution in [3.05, 3.63) is 24.0 Å². The van der Waals surface area contributed by atoms with E-state index in [1.165, 1.54) is 17.8 Å². The van der Waals surface area contributed by atoms with Crippen molar-refractivity contribution in [1.29, 1.82) is 0 Å². The van der Waals surface area contributed by atoms with Gasteiger partial charge < -0.3 is 9.67 Å². The Kier molecular flexibility index (Phi) is 4.05. The summed E-state index contributed by atoms with van der Waals surface area (Å²) >= 11 is 1.25. The van der Waals surface area contributed by atoms with E-state index < -0.39 is 15.8 Å². The molecule has 0 aliphatic heterocycles. The summed E-state index contributed by atoms with van der Waals surface area (Å²) in [7, 11) is -1.43. The van der Waals surface area contributed by atoms with E-state index >= 15 is 0 Å². The lowest BCUT2D eigenvalue weighted by molar-refractivity contribution is -0.133. The Labute approximate surface area is 120 Å². The van der Waals surface area contributed by atoms with E-state index in [1.54, 1.807) is 12.1 Å². The maximum atomic E-state index is 11.5. The highest BCUT2D eigenvalue weighted by Crippen LogP contribution is 2.21. The van der Waals surface area contributed by atoms with Crippen molar-refractivity contribution >= 4 is 38.6 Å². The van der Waals surface area contributed by atoms with E-state index in [-0.39, 0.29) is 10.6 Å². The number of carboxylic acid groups (broad SMARTS) is 1. The maximum absolute atomic E-state index is 11.5. The Bertz CT molecular complexity index is 765. The molecule has 2 rings (SSSR count). The van der Waals surface area contributed by atoms with Gasteiger partial charge in [0.15, 0.2) is 9.84 Å². The van der Waals surface area contributed by atoms with Gasteiger partial charge in [0.1, 0.15) is 5.82 Å². The minimum Gasteiger partial charge on any atom is -0.481 e. The Hall–Kier alpha value is -1.54. The van der Waals surface area contributed by atoms with Crippen molar-refractivity contribution in [2.24, 2.45) is 7.05 Å². The average Bonchev–Trinajstić information content (AvgIpc) is 2.65. The van der Waals surface area contributed by atoms with Crippen LogP contribution >= 0.6 is 11.8 Å². The van der Waals surface area contributed by atoms with Crippen molar-refractivity contribution < 1.29 is 18.3 Å². The maximum Gasteiger partial charge on any atom is 0.313 e. The number of thioether (sulfide) groups is 1. The molecular weight excluding hydrogens is 300 g/mol. The summed E-state index contributed by atoms with van der Waals surface area (Å²) in [6, 6.07) is 4.80. The summed E-state index contributed by atoms with van der Waals surface area (Å²) in [6.45, 7) is 0. The number of imidazole rings is 1. The van der Waals surface area contributed by atoms with Crippen molar-refractivity contribution in [3.8, 4) is 0 Å². The zero-order valence-corrected chi connectivity index (χ0v) is 12.7. The van der Waals surface area contributed by atoms with Gasteiger partial charge in [0, 0.05) is 13.3 Å². The third kappa shape index (κ3) is 3.13. The van der Waals surface area contributed by atoms with Crippen molar-refractivity contribution in [1.82, 2.24) is 9.55 Å². The quantitative estimate of drug-likeness (QED) is 0.894. The molecular formula is C12H14N2O4S2. The Morgan fingerprint density at radius 3 is 2.75 bits per heavy atom. The average molecular weight is 314 g/mol. The van der Waals surface area contributed by atoms with Gasteiger partial charge in [-0.2, -0.15) is 0 Å². The monoisotopic (exact) mass is 314 g/mol. The first-order valence-corrected chi connectivity index (χ1v) is 8.78. The van der Waals surface area contributed by atoms with Gasteiger partial charge >= 0.3 is 5.97 Å². The summed E-state index contributed by atoms with van der Waals surface area (Å²) < 4.78 is 24.9. The molecule has 1 aromatic heterocycles. The normalized spacial score (nSPS) is 11.9. The molecule has 0 aliphatic carbocycles. The Morgan fingerprint density at radius 2 is 2.15 bits per heavy atom. The smallest absolute Gasteiger partial charge is 0.313 e. The van der Waals surface area contributed by atoms with E-state index in [0.29, 0.717) is 11.3 Å². The molecule has 0 atom stereocenters. The lowest BCUT2D eigenvalue weighted by atomic mass is 10.3. The van der Waals surface area contributed by atoms with Gasteiger partial charge in [-0.05, 0) is 18.2 Å². The Morgan fingerprint density at radius 1 is 1.45 bits per heavy atom. The molecule has 1 heterocycles. The third-order valence-electron chi connectivity index (χ3n) is 2.83. The third-order valence-corrected chi connectivity index (χ3v) is 4.85. The van der Waals surface area contributed by atoms with Crippen LogP contribution in [0.5, 0.6) is 0 Å². The summed E-state index contributed by atoms with van der Waals surface area (Å²) in [5.74, 6) is 0.328. The predicted molar refractivity (Wildman–Crippen MR) is 77.6 cm³/mol. The molecule has 2 aromatic rings. The number of rotatable bonds is 5. The van der Waals surface area contributed by atoms with Crippen LogP contribution in [-0.4, -0.2) is 41.1 Å². The highest BCUT2D eigenvalue weighted by atomic mass is 32.2. The van der Waals surface area contributed by atoms with Crippen LogP contribution < -0.4 is 0 Å². The van der Waals surface area contributed by atoms with Crippen LogP contribution in [0.2, 0.25) is 0 Å². The minimum absolute atomic E-state index is 0.0117. The molecule has 108 valence electrons. The molecule has 0 saturated heterocycles. The molecule has 0 fully saturated rings.